The molecular weight excluding hydrogens is 355 g/mol. The first-order valence-electron chi connectivity index (χ1n) is 7.03. The smallest absolute Gasteiger partial charge is 0.118 e. The standard InChI is InChI=1S/C19H16BrOP/c1-21-16-9-13-19(14-10-16)22(17-5-3-2-4-6-17)18-11-7-15(20)8-12-18/h2-14H,1H3. The van der Waals surface area contributed by atoms with E-state index in [4.69, 9.17) is 4.74 Å². The van der Waals surface area contributed by atoms with Gasteiger partial charge < -0.3 is 4.74 Å². The maximum absolute atomic E-state index is 5.28. The van der Waals surface area contributed by atoms with E-state index in [0.29, 0.717) is 0 Å². The molecule has 0 saturated carbocycles. The van der Waals surface area contributed by atoms with Crippen molar-refractivity contribution in [3.8, 4) is 5.75 Å². The van der Waals surface area contributed by atoms with Crippen LogP contribution in [0.2, 0.25) is 0 Å². The maximum atomic E-state index is 5.28. The number of hydrogen-bond donors (Lipinski definition) is 0. The summed E-state index contributed by atoms with van der Waals surface area (Å²) in [7, 11) is 1.15. The van der Waals surface area contributed by atoms with Crippen LogP contribution in [0, 0.1) is 0 Å². The number of halogens is 1. The Labute approximate surface area is 140 Å². The molecule has 0 saturated heterocycles. The normalized spacial score (nSPS) is 11.9. The maximum Gasteiger partial charge on any atom is 0.118 e. The molecule has 0 aliphatic heterocycles. The molecule has 1 unspecified atom stereocenters. The Morgan fingerprint density at radius 1 is 0.682 bits per heavy atom. The van der Waals surface area contributed by atoms with Gasteiger partial charge in [-0.05, 0) is 48.1 Å². The van der Waals surface area contributed by atoms with Gasteiger partial charge in [0.2, 0.25) is 0 Å². The van der Waals surface area contributed by atoms with Crippen LogP contribution in [0.5, 0.6) is 5.75 Å². The summed E-state index contributed by atoms with van der Waals surface area (Å²) in [6, 6.07) is 27.7. The Kier molecular flexibility index (Phi) is 4.92. The fraction of sp³-hybridized carbons (Fsp3) is 0.0526. The highest BCUT2D eigenvalue weighted by Crippen LogP contribution is 2.33. The van der Waals surface area contributed by atoms with Gasteiger partial charge in [-0.25, -0.2) is 0 Å². The summed E-state index contributed by atoms with van der Waals surface area (Å²) >= 11 is 3.52. The summed E-state index contributed by atoms with van der Waals surface area (Å²) in [6.45, 7) is 0. The van der Waals surface area contributed by atoms with E-state index >= 15 is 0 Å². The average molecular weight is 371 g/mol. The topological polar surface area (TPSA) is 9.23 Å². The number of methoxy groups -OCH3 is 1. The second kappa shape index (κ2) is 7.09. The van der Waals surface area contributed by atoms with Gasteiger partial charge in [-0.1, -0.05) is 70.5 Å². The minimum atomic E-state index is -0.552. The lowest BCUT2D eigenvalue weighted by Gasteiger charge is -2.19. The summed E-state index contributed by atoms with van der Waals surface area (Å²) in [5, 5.41) is 4.02. The molecule has 1 nitrogen and oxygen atoms in total. The van der Waals surface area contributed by atoms with Crippen molar-refractivity contribution in [1.29, 1.82) is 0 Å². The third kappa shape index (κ3) is 3.40. The van der Waals surface area contributed by atoms with Crippen LogP contribution in [0.3, 0.4) is 0 Å². The fourth-order valence-corrected chi connectivity index (χ4v) is 4.87. The molecule has 0 amide bonds. The van der Waals surface area contributed by atoms with Gasteiger partial charge in [0, 0.05) is 4.47 Å². The zero-order valence-corrected chi connectivity index (χ0v) is 14.7. The van der Waals surface area contributed by atoms with E-state index in [0.717, 1.165) is 10.2 Å². The first-order chi connectivity index (χ1) is 10.8. The summed E-state index contributed by atoms with van der Waals surface area (Å²) < 4.78 is 6.38. The molecule has 0 bridgehead atoms. The quantitative estimate of drug-likeness (QED) is 0.625. The van der Waals surface area contributed by atoms with Crippen molar-refractivity contribution in [2.75, 3.05) is 7.11 Å². The highest BCUT2D eigenvalue weighted by molar-refractivity contribution is 9.10. The van der Waals surface area contributed by atoms with Crippen molar-refractivity contribution in [2.45, 2.75) is 0 Å². The van der Waals surface area contributed by atoms with Crippen LogP contribution in [0.1, 0.15) is 0 Å². The van der Waals surface area contributed by atoms with Crippen LogP contribution in [0.4, 0.5) is 0 Å². The highest BCUT2D eigenvalue weighted by atomic mass is 79.9. The van der Waals surface area contributed by atoms with E-state index in [1.54, 1.807) is 7.11 Å². The van der Waals surface area contributed by atoms with Crippen LogP contribution in [0.15, 0.2) is 83.3 Å². The lowest BCUT2D eigenvalue weighted by Crippen LogP contribution is -2.20. The fourth-order valence-electron chi connectivity index (χ4n) is 2.35. The van der Waals surface area contributed by atoms with E-state index in [9.17, 15) is 0 Å². The van der Waals surface area contributed by atoms with Gasteiger partial charge in [0.1, 0.15) is 5.75 Å². The van der Waals surface area contributed by atoms with E-state index in [1.807, 2.05) is 12.1 Å². The predicted molar refractivity (Wildman–Crippen MR) is 99.4 cm³/mol. The van der Waals surface area contributed by atoms with E-state index in [2.05, 4.69) is 82.7 Å². The van der Waals surface area contributed by atoms with Crippen LogP contribution in [-0.4, -0.2) is 7.11 Å². The molecule has 110 valence electrons. The molecule has 3 aromatic carbocycles. The Morgan fingerprint density at radius 3 is 1.73 bits per heavy atom. The Hall–Kier alpha value is -1.63. The Balaban J connectivity index is 2.07. The zero-order chi connectivity index (χ0) is 15.4. The zero-order valence-electron chi connectivity index (χ0n) is 12.2. The van der Waals surface area contributed by atoms with Gasteiger partial charge >= 0.3 is 0 Å². The molecule has 3 heteroatoms. The molecule has 22 heavy (non-hydrogen) atoms. The van der Waals surface area contributed by atoms with Crippen molar-refractivity contribution in [3.63, 3.8) is 0 Å². The number of hydrogen-bond acceptors (Lipinski definition) is 1. The highest BCUT2D eigenvalue weighted by Gasteiger charge is 2.16. The van der Waals surface area contributed by atoms with Crippen molar-refractivity contribution in [3.05, 3.63) is 83.3 Å². The molecule has 1 atom stereocenters. The first-order valence-corrected chi connectivity index (χ1v) is 9.16. The van der Waals surface area contributed by atoms with Crippen LogP contribution in [0.25, 0.3) is 0 Å². The van der Waals surface area contributed by atoms with Crippen molar-refractivity contribution < 1.29 is 4.74 Å². The third-order valence-corrected chi connectivity index (χ3v) is 6.40. The molecular formula is C19H16BrOP. The first kappa shape index (κ1) is 15.3. The molecule has 0 aliphatic rings. The van der Waals surface area contributed by atoms with Crippen LogP contribution < -0.4 is 20.7 Å². The molecule has 0 radical (unpaired) electrons. The van der Waals surface area contributed by atoms with Gasteiger partial charge in [0.05, 0.1) is 7.11 Å². The van der Waals surface area contributed by atoms with Gasteiger partial charge in [-0.2, -0.15) is 0 Å². The van der Waals surface area contributed by atoms with Crippen molar-refractivity contribution >= 4 is 39.8 Å². The Bertz CT molecular complexity index is 724. The molecule has 3 rings (SSSR count). The number of ether oxygens (including phenoxy) is 1. The molecule has 0 aromatic heterocycles. The second-order valence-corrected chi connectivity index (χ2v) is 7.98. The number of rotatable bonds is 4. The van der Waals surface area contributed by atoms with Crippen molar-refractivity contribution in [1.82, 2.24) is 0 Å². The lowest BCUT2D eigenvalue weighted by molar-refractivity contribution is 0.415. The average Bonchev–Trinajstić information content (AvgIpc) is 2.58. The third-order valence-electron chi connectivity index (χ3n) is 3.43. The van der Waals surface area contributed by atoms with E-state index in [-0.39, 0.29) is 0 Å². The van der Waals surface area contributed by atoms with Gasteiger partial charge in [-0.3, -0.25) is 0 Å². The predicted octanol–water partition coefficient (Wildman–Crippen LogP) is 4.22. The second-order valence-electron chi connectivity index (χ2n) is 4.85. The molecule has 0 fully saturated rings. The SMILES string of the molecule is COc1ccc(P(c2ccccc2)c2ccc(Br)cc2)cc1. The van der Waals surface area contributed by atoms with Crippen LogP contribution in [-0.2, 0) is 0 Å². The van der Waals surface area contributed by atoms with Gasteiger partial charge in [0.15, 0.2) is 0 Å². The van der Waals surface area contributed by atoms with Gasteiger partial charge in [-0.15, -0.1) is 0 Å². The summed E-state index contributed by atoms with van der Waals surface area (Å²) in [6.07, 6.45) is 0. The molecule has 0 aliphatic carbocycles. The molecule has 0 N–H and O–H groups in total. The Morgan fingerprint density at radius 2 is 1.18 bits per heavy atom. The minimum Gasteiger partial charge on any atom is -0.497 e. The summed E-state index contributed by atoms with van der Waals surface area (Å²) in [4.78, 5) is 0. The summed E-state index contributed by atoms with van der Waals surface area (Å²) in [5.74, 6) is 0.891. The molecule has 3 aromatic rings. The largest absolute Gasteiger partial charge is 0.497 e. The summed E-state index contributed by atoms with van der Waals surface area (Å²) in [5.41, 5.74) is 0. The lowest BCUT2D eigenvalue weighted by atomic mass is 10.3. The van der Waals surface area contributed by atoms with E-state index in [1.165, 1.54) is 15.9 Å². The molecule has 0 spiro atoms. The van der Waals surface area contributed by atoms with Crippen molar-refractivity contribution in [2.24, 2.45) is 0 Å². The molecule has 0 heterocycles. The number of benzene rings is 3. The monoisotopic (exact) mass is 370 g/mol. The minimum absolute atomic E-state index is 0.552. The van der Waals surface area contributed by atoms with E-state index < -0.39 is 7.92 Å². The van der Waals surface area contributed by atoms with Crippen LogP contribution >= 0.6 is 23.9 Å². The van der Waals surface area contributed by atoms with Gasteiger partial charge in [0.25, 0.3) is 0 Å².